The first kappa shape index (κ1) is 22.4. The van der Waals surface area contributed by atoms with Crippen LogP contribution >= 0.6 is 7.82 Å². The Hall–Kier alpha value is 2.99. The molecule has 0 fully saturated rings. The molecule has 4 nitrogen and oxygen atoms in total. The zero-order valence-corrected chi connectivity index (χ0v) is 6.77. The molecule has 40 valence electrons. The van der Waals surface area contributed by atoms with E-state index >= 15 is 0 Å². The number of phosphoric acid groups is 1. The van der Waals surface area contributed by atoms with Gasteiger partial charge in [0.05, 0.1) is 0 Å². The van der Waals surface area contributed by atoms with Crippen LogP contribution in [-0.4, -0.2) is 82.0 Å². The van der Waals surface area contributed by atoms with Crippen LogP contribution in [0.15, 0.2) is 0 Å². The van der Waals surface area contributed by atoms with Gasteiger partial charge >= 0.3 is 75.1 Å². The fourth-order valence-electron chi connectivity index (χ4n) is 0. The molecular formula is H6CaNaO4PZn. The minimum Gasteiger partial charge on any atom is 0 e. The summed E-state index contributed by atoms with van der Waals surface area (Å²) in [5, 5.41) is 0. The predicted octanol–water partition coefficient (Wildman–Crippen LogP) is -2.50. The molecule has 0 aromatic rings. The predicted molar refractivity (Wildman–Crippen MR) is 30.0 cm³/mol. The summed E-state index contributed by atoms with van der Waals surface area (Å²) in [7, 11) is -4.64. The molecule has 0 amide bonds. The Morgan fingerprint density at radius 3 is 1.12 bits per heavy atom. The first-order valence-corrected chi connectivity index (χ1v) is 2.35. The summed E-state index contributed by atoms with van der Waals surface area (Å²) in [6.45, 7) is 0. The van der Waals surface area contributed by atoms with Crippen LogP contribution in [0.3, 0.4) is 0 Å². The van der Waals surface area contributed by atoms with Crippen molar-refractivity contribution in [3.8, 4) is 0 Å². The van der Waals surface area contributed by atoms with Gasteiger partial charge in [-0.05, 0) is 0 Å². The monoisotopic (exact) mass is 228 g/mol. The second-order valence-corrected chi connectivity index (χ2v) is 1.54. The van der Waals surface area contributed by atoms with Gasteiger partial charge in [0, 0.05) is 19.5 Å². The summed E-state index contributed by atoms with van der Waals surface area (Å²) in [6, 6.07) is 0. The second kappa shape index (κ2) is 9.99. The van der Waals surface area contributed by atoms with Gasteiger partial charge in [-0.2, -0.15) is 0 Å². The molecule has 0 heterocycles. The fraction of sp³-hybridized carbons (Fsp3) is 0. The van der Waals surface area contributed by atoms with Gasteiger partial charge in [0.2, 0.25) is 0 Å². The van der Waals surface area contributed by atoms with Crippen molar-refractivity contribution in [3.05, 3.63) is 0 Å². The quantitative estimate of drug-likeness (QED) is 0.317. The number of hydrogen-bond acceptors (Lipinski definition) is 1. The van der Waals surface area contributed by atoms with Gasteiger partial charge in [-0.1, -0.05) is 0 Å². The topological polar surface area (TPSA) is 77.8 Å². The van der Waals surface area contributed by atoms with Crippen molar-refractivity contribution in [3.63, 3.8) is 0 Å². The average molecular weight is 229 g/mol. The van der Waals surface area contributed by atoms with E-state index in [4.69, 9.17) is 19.2 Å². The van der Waals surface area contributed by atoms with Gasteiger partial charge in [-0.15, -0.1) is 0 Å². The van der Waals surface area contributed by atoms with E-state index in [0.717, 1.165) is 0 Å². The minimum absolute atomic E-state index is 0. The molecule has 0 aliphatic heterocycles. The Kier molecular flexibility index (Phi) is 28.0. The van der Waals surface area contributed by atoms with Crippen LogP contribution in [0.25, 0.3) is 0 Å². The second-order valence-electron chi connectivity index (χ2n) is 0.513. The van der Waals surface area contributed by atoms with E-state index in [0.29, 0.717) is 0 Å². The molecule has 0 aromatic carbocycles. The molecule has 0 unspecified atom stereocenters. The molecule has 8 heavy (non-hydrogen) atoms. The summed E-state index contributed by atoms with van der Waals surface area (Å²) in [5.74, 6) is 0. The van der Waals surface area contributed by atoms with Crippen LogP contribution in [-0.2, 0) is 24.0 Å². The van der Waals surface area contributed by atoms with Gasteiger partial charge in [0.1, 0.15) is 0 Å². The van der Waals surface area contributed by atoms with Crippen molar-refractivity contribution in [2.75, 3.05) is 0 Å². The molecular weight excluding hydrogens is 223 g/mol. The van der Waals surface area contributed by atoms with Crippen molar-refractivity contribution >= 4 is 75.1 Å². The first-order valence-electron chi connectivity index (χ1n) is 0.783. The smallest absolute Gasteiger partial charge is 0 e. The van der Waals surface area contributed by atoms with Crippen LogP contribution in [0.4, 0.5) is 0 Å². The molecule has 0 aliphatic carbocycles. The minimum atomic E-state index is -4.64. The summed E-state index contributed by atoms with van der Waals surface area (Å²) >= 11 is 0. The molecule has 0 spiro atoms. The van der Waals surface area contributed by atoms with E-state index in [1.165, 1.54) is 0 Å². The van der Waals surface area contributed by atoms with Gasteiger partial charge in [-0.3, -0.25) is 0 Å². The molecule has 8 heteroatoms. The SMILES string of the molecule is O=P(O)(O)O.[CaH2].[NaH].[Zn]. The van der Waals surface area contributed by atoms with E-state index in [2.05, 4.69) is 0 Å². The van der Waals surface area contributed by atoms with Crippen molar-refractivity contribution in [1.29, 1.82) is 0 Å². The molecule has 0 aromatic heterocycles. The summed E-state index contributed by atoms with van der Waals surface area (Å²) in [4.78, 5) is 21.6. The Bertz CT molecular complexity index is 62.2. The van der Waals surface area contributed by atoms with E-state index in [9.17, 15) is 0 Å². The third-order valence-electron chi connectivity index (χ3n) is 0. The van der Waals surface area contributed by atoms with Crippen LogP contribution in [0, 0.1) is 0 Å². The van der Waals surface area contributed by atoms with Gasteiger partial charge in [0.15, 0.2) is 0 Å². The Morgan fingerprint density at radius 2 is 1.12 bits per heavy atom. The Labute approximate surface area is 112 Å². The van der Waals surface area contributed by atoms with E-state index in [1.807, 2.05) is 0 Å². The third kappa shape index (κ3) is 64.1. The summed E-state index contributed by atoms with van der Waals surface area (Å²) < 4.78 is 8.88. The van der Waals surface area contributed by atoms with Crippen LogP contribution in [0.2, 0.25) is 0 Å². The molecule has 0 saturated heterocycles. The van der Waals surface area contributed by atoms with Gasteiger partial charge < -0.3 is 14.7 Å². The molecule has 0 radical (unpaired) electrons. The standard InChI is InChI=1S/Ca.Na.H3O4P.Zn.3H/c;;1-5(2,3)4;;;;/h;;(H3,1,2,3,4);;;;. The van der Waals surface area contributed by atoms with Crippen molar-refractivity contribution < 1.29 is 38.7 Å². The molecule has 0 rings (SSSR count). The molecule has 0 saturated carbocycles. The summed E-state index contributed by atoms with van der Waals surface area (Å²) in [5.41, 5.74) is 0. The van der Waals surface area contributed by atoms with Crippen LogP contribution in [0.1, 0.15) is 0 Å². The maximum absolute atomic E-state index is 8.88. The zero-order chi connectivity index (χ0) is 4.50. The van der Waals surface area contributed by atoms with E-state index in [1.54, 1.807) is 0 Å². The first-order chi connectivity index (χ1) is 2.00. The molecule has 0 aliphatic rings. The molecule has 0 atom stereocenters. The molecule has 3 N–H and O–H groups in total. The summed E-state index contributed by atoms with van der Waals surface area (Å²) in [6.07, 6.45) is 0. The maximum Gasteiger partial charge on any atom is 0 e. The van der Waals surface area contributed by atoms with Gasteiger partial charge in [0.25, 0.3) is 0 Å². The maximum atomic E-state index is 8.88. The van der Waals surface area contributed by atoms with E-state index < -0.39 is 7.82 Å². The average Bonchev–Trinajstić information content (AvgIpc) is 0.722. The van der Waals surface area contributed by atoms with Crippen LogP contribution < -0.4 is 0 Å². The van der Waals surface area contributed by atoms with Crippen molar-refractivity contribution in [1.82, 2.24) is 0 Å². The fourth-order valence-corrected chi connectivity index (χ4v) is 0. The van der Waals surface area contributed by atoms with E-state index in [-0.39, 0.29) is 86.8 Å². The Balaban J connectivity index is -0.0000000267. The normalized spacial score (nSPS) is 7.38. The van der Waals surface area contributed by atoms with Crippen molar-refractivity contribution in [2.45, 2.75) is 0 Å². The Morgan fingerprint density at radius 1 is 1.12 bits per heavy atom. The largest absolute Gasteiger partial charge is 0 e. The van der Waals surface area contributed by atoms with Gasteiger partial charge in [-0.25, -0.2) is 4.57 Å². The molecule has 0 bridgehead atoms. The van der Waals surface area contributed by atoms with Crippen LogP contribution in [0.5, 0.6) is 0 Å². The number of hydrogen-bond donors (Lipinski definition) is 3. The number of rotatable bonds is 0. The zero-order valence-electron chi connectivity index (χ0n) is 2.90. The van der Waals surface area contributed by atoms with Crippen molar-refractivity contribution in [2.24, 2.45) is 0 Å². The third-order valence-corrected chi connectivity index (χ3v) is 0.